The van der Waals surface area contributed by atoms with Crippen LogP contribution in [0.2, 0.25) is 0 Å². The molecule has 0 saturated carbocycles. The van der Waals surface area contributed by atoms with Crippen molar-refractivity contribution in [1.82, 2.24) is 19.7 Å². The highest BCUT2D eigenvalue weighted by atomic mass is 16.2. The van der Waals surface area contributed by atoms with E-state index in [1.165, 1.54) is 12.0 Å². The summed E-state index contributed by atoms with van der Waals surface area (Å²) in [7, 11) is 0. The van der Waals surface area contributed by atoms with Crippen molar-refractivity contribution >= 4 is 16.9 Å². The van der Waals surface area contributed by atoms with Gasteiger partial charge >= 0.3 is 0 Å². The van der Waals surface area contributed by atoms with Gasteiger partial charge in [0.1, 0.15) is 0 Å². The number of hydrogen-bond acceptors (Lipinski definition) is 3. The molecule has 1 fully saturated rings. The fourth-order valence-electron chi connectivity index (χ4n) is 3.97. The largest absolute Gasteiger partial charge is 0.338 e. The van der Waals surface area contributed by atoms with E-state index in [0.29, 0.717) is 23.9 Å². The number of benzene rings is 1. The van der Waals surface area contributed by atoms with E-state index < -0.39 is 0 Å². The minimum atomic E-state index is 0.0774. The standard InChI is InChI=1S/C21H24N4O/c1-15-8-16(2)13-24(12-15)21(26)19-9-18-11-23-25(20(18)22-10-19)14-17-6-4-3-5-7-17/h3-7,9-11,15-16H,8,12-14H2,1-2H3. The minimum absolute atomic E-state index is 0.0774. The fraction of sp³-hybridized carbons (Fsp3) is 0.381. The van der Waals surface area contributed by atoms with E-state index in [1.807, 2.05) is 33.8 Å². The van der Waals surface area contributed by atoms with Gasteiger partial charge in [-0.2, -0.15) is 5.10 Å². The monoisotopic (exact) mass is 348 g/mol. The number of likely N-dealkylation sites (tertiary alicyclic amines) is 1. The predicted octanol–water partition coefficient (Wildman–Crippen LogP) is 3.60. The van der Waals surface area contributed by atoms with Gasteiger partial charge in [0, 0.05) is 24.7 Å². The van der Waals surface area contributed by atoms with Gasteiger partial charge in [-0.05, 0) is 29.9 Å². The molecule has 1 saturated heterocycles. The van der Waals surface area contributed by atoms with Gasteiger partial charge in [-0.25, -0.2) is 9.67 Å². The third kappa shape index (κ3) is 3.34. The number of aromatic nitrogens is 3. The summed E-state index contributed by atoms with van der Waals surface area (Å²) < 4.78 is 1.88. The quantitative estimate of drug-likeness (QED) is 0.727. The topological polar surface area (TPSA) is 51.0 Å². The van der Waals surface area contributed by atoms with E-state index >= 15 is 0 Å². The number of fused-ring (bicyclic) bond motifs is 1. The summed E-state index contributed by atoms with van der Waals surface area (Å²) in [5, 5.41) is 5.36. The lowest BCUT2D eigenvalue weighted by Crippen LogP contribution is -2.42. The molecule has 0 spiro atoms. The van der Waals surface area contributed by atoms with Crippen LogP contribution in [0.5, 0.6) is 0 Å². The zero-order chi connectivity index (χ0) is 18.1. The van der Waals surface area contributed by atoms with Crippen molar-refractivity contribution in [1.29, 1.82) is 0 Å². The molecule has 26 heavy (non-hydrogen) atoms. The van der Waals surface area contributed by atoms with Crippen LogP contribution in [-0.2, 0) is 6.54 Å². The highest BCUT2D eigenvalue weighted by molar-refractivity contribution is 5.96. The SMILES string of the molecule is CC1CC(C)CN(C(=O)c2cnc3c(cnn3Cc3ccccc3)c2)C1. The molecule has 1 amide bonds. The lowest BCUT2D eigenvalue weighted by Gasteiger charge is -2.35. The first-order valence-electron chi connectivity index (χ1n) is 9.25. The molecule has 134 valence electrons. The maximum absolute atomic E-state index is 12.9. The number of nitrogens with zero attached hydrogens (tertiary/aromatic N) is 4. The van der Waals surface area contributed by atoms with Crippen molar-refractivity contribution in [3.8, 4) is 0 Å². The van der Waals surface area contributed by atoms with Gasteiger partial charge in [0.25, 0.3) is 5.91 Å². The second-order valence-corrected chi connectivity index (χ2v) is 7.58. The Hall–Kier alpha value is -2.69. The van der Waals surface area contributed by atoms with Crippen LogP contribution in [0.4, 0.5) is 0 Å². The molecule has 3 heterocycles. The number of carbonyl (C=O) groups excluding carboxylic acids is 1. The van der Waals surface area contributed by atoms with E-state index in [4.69, 9.17) is 0 Å². The van der Waals surface area contributed by atoms with E-state index in [1.54, 1.807) is 12.4 Å². The van der Waals surface area contributed by atoms with Gasteiger partial charge in [0.15, 0.2) is 5.65 Å². The van der Waals surface area contributed by atoms with Crippen LogP contribution in [0.1, 0.15) is 36.2 Å². The zero-order valence-electron chi connectivity index (χ0n) is 15.3. The van der Waals surface area contributed by atoms with Crippen LogP contribution in [0.25, 0.3) is 11.0 Å². The second-order valence-electron chi connectivity index (χ2n) is 7.58. The Morgan fingerprint density at radius 2 is 1.85 bits per heavy atom. The Morgan fingerprint density at radius 3 is 2.58 bits per heavy atom. The lowest BCUT2D eigenvalue weighted by atomic mass is 9.91. The Kier molecular flexibility index (Phi) is 4.45. The maximum Gasteiger partial charge on any atom is 0.255 e. The third-order valence-electron chi connectivity index (χ3n) is 5.05. The van der Waals surface area contributed by atoms with E-state index in [0.717, 1.165) is 24.1 Å². The molecular formula is C21H24N4O. The number of amides is 1. The summed E-state index contributed by atoms with van der Waals surface area (Å²) in [6.07, 6.45) is 4.68. The highest BCUT2D eigenvalue weighted by Crippen LogP contribution is 2.23. The van der Waals surface area contributed by atoms with Crippen LogP contribution < -0.4 is 0 Å². The zero-order valence-corrected chi connectivity index (χ0v) is 15.3. The highest BCUT2D eigenvalue weighted by Gasteiger charge is 2.26. The van der Waals surface area contributed by atoms with Gasteiger partial charge in [-0.15, -0.1) is 0 Å². The molecule has 1 aromatic carbocycles. The van der Waals surface area contributed by atoms with Gasteiger partial charge in [-0.3, -0.25) is 4.79 Å². The molecule has 4 rings (SSSR count). The van der Waals surface area contributed by atoms with Crippen molar-refractivity contribution in [2.45, 2.75) is 26.8 Å². The molecule has 0 radical (unpaired) electrons. The molecule has 0 bridgehead atoms. The van der Waals surface area contributed by atoms with Crippen LogP contribution in [0, 0.1) is 11.8 Å². The number of hydrogen-bond donors (Lipinski definition) is 0. The number of rotatable bonds is 3. The van der Waals surface area contributed by atoms with E-state index in [-0.39, 0.29) is 5.91 Å². The summed E-state index contributed by atoms with van der Waals surface area (Å²) in [6.45, 7) is 6.75. The van der Waals surface area contributed by atoms with Gasteiger partial charge < -0.3 is 4.90 Å². The molecule has 2 atom stereocenters. The Balaban J connectivity index is 1.57. The summed E-state index contributed by atoms with van der Waals surface area (Å²) in [5.74, 6) is 1.18. The van der Waals surface area contributed by atoms with E-state index in [2.05, 4.69) is 36.1 Å². The second kappa shape index (κ2) is 6.90. The lowest BCUT2D eigenvalue weighted by molar-refractivity contribution is 0.0623. The van der Waals surface area contributed by atoms with Crippen LogP contribution in [0.15, 0.2) is 48.8 Å². The van der Waals surface area contributed by atoms with E-state index in [9.17, 15) is 4.79 Å². The van der Waals surface area contributed by atoms with Crippen LogP contribution in [0.3, 0.4) is 0 Å². The van der Waals surface area contributed by atoms with Crippen molar-refractivity contribution in [3.05, 3.63) is 59.9 Å². The van der Waals surface area contributed by atoms with Crippen molar-refractivity contribution in [3.63, 3.8) is 0 Å². The molecule has 1 aliphatic rings. The molecule has 5 nitrogen and oxygen atoms in total. The van der Waals surface area contributed by atoms with Crippen molar-refractivity contribution < 1.29 is 4.79 Å². The van der Waals surface area contributed by atoms with Gasteiger partial charge in [-0.1, -0.05) is 44.2 Å². The average Bonchev–Trinajstić information content (AvgIpc) is 3.03. The molecular weight excluding hydrogens is 324 g/mol. The average molecular weight is 348 g/mol. The molecule has 2 unspecified atom stereocenters. The first-order chi connectivity index (χ1) is 12.6. The first-order valence-corrected chi connectivity index (χ1v) is 9.25. The van der Waals surface area contributed by atoms with Gasteiger partial charge in [0.2, 0.25) is 0 Å². The predicted molar refractivity (Wildman–Crippen MR) is 102 cm³/mol. The first kappa shape index (κ1) is 16.8. The van der Waals surface area contributed by atoms with Crippen LogP contribution >= 0.6 is 0 Å². The smallest absolute Gasteiger partial charge is 0.255 e. The molecule has 1 aliphatic heterocycles. The summed E-state index contributed by atoms with van der Waals surface area (Å²) in [5.41, 5.74) is 2.64. The Morgan fingerprint density at radius 1 is 1.12 bits per heavy atom. The third-order valence-corrected chi connectivity index (χ3v) is 5.05. The number of carbonyl (C=O) groups is 1. The number of pyridine rings is 1. The molecule has 5 heteroatoms. The molecule has 2 aromatic heterocycles. The Labute approximate surface area is 153 Å². The van der Waals surface area contributed by atoms with Crippen molar-refractivity contribution in [2.24, 2.45) is 11.8 Å². The Bertz CT molecular complexity index is 908. The summed E-state index contributed by atoms with van der Waals surface area (Å²) in [4.78, 5) is 19.4. The summed E-state index contributed by atoms with van der Waals surface area (Å²) >= 11 is 0. The number of piperidine rings is 1. The summed E-state index contributed by atoms with van der Waals surface area (Å²) in [6, 6.07) is 12.1. The van der Waals surface area contributed by atoms with Crippen LogP contribution in [-0.4, -0.2) is 38.7 Å². The molecule has 3 aromatic rings. The minimum Gasteiger partial charge on any atom is -0.338 e. The van der Waals surface area contributed by atoms with Gasteiger partial charge in [0.05, 0.1) is 18.3 Å². The fourth-order valence-corrected chi connectivity index (χ4v) is 3.97. The molecule has 0 aliphatic carbocycles. The maximum atomic E-state index is 12.9. The normalized spacial score (nSPS) is 20.5. The molecule has 0 N–H and O–H groups in total. The van der Waals surface area contributed by atoms with Crippen molar-refractivity contribution in [2.75, 3.05) is 13.1 Å².